The number of carbonyl (C=O) groups is 1. The van der Waals surface area contributed by atoms with Crippen molar-refractivity contribution >= 4 is 5.97 Å². The number of aliphatic hydroxyl groups excluding tert-OH is 1. The van der Waals surface area contributed by atoms with Crippen LogP contribution in [0.15, 0.2) is 24.5 Å². The molecule has 0 aromatic carbocycles. The van der Waals surface area contributed by atoms with Gasteiger partial charge in [-0.05, 0) is 11.6 Å². The Hall–Kier alpha value is -1.42. The van der Waals surface area contributed by atoms with E-state index < -0.39 is 18.0 Å². The van der Waals surface area contributed by atoms with Crippen molar-refractivity contribution in [2.45, 2.75) is 18.9 Å². The standard InChI is InChI=1S/C9H11NO3/c1-6(8(11)9(12)13)7-3-2-4-10-5-7/h2-6,8,11H,1H3,(H,12,13). The van der Waals surface area contributed by atoms with Gasteiger partial charge in [-0.2, -0.15) is 0 Å². The zero-order valence-electron chi connectivity index (χ0n) is 7.21. The number of pyridine rings is 1. The van der Waals surface area contributed by atoms with Gasteiger partial charge in [-0.1, -0.05) is 13.0 Å². The van der Waals surface area contributed by atoms with Crippen LogP contribution in [0.1, 0.15) is 18.4 Å². The largest absolute Gasteiger partial charge is 0.479 e. The number of carboxylic acids is 1. The Labute approximate surface area is 75.9 Å². The highest BCUT2D eigenvalue weighted by atomic mass is 16.4. The number of hydrogen-bond donors (Lipinski definition) is 2. The molecule has 70 valence electrons. The molecule has 4 nitrogen and oxygen atoms in total. The average Bonchev–Trinajstić information content (AvgIpc) is 2.17. The maximum atomic E-state index is 10.4. The molecule has 0 aliphatic heterocycles. The number of rotatable bonds is 3. The summed E-state index contributed by atoms with van der Waals surface area (Å²) in [6, 6.07) is 3.45. The lowest BCUT2D eigenvalue weighted by Gasteiger charge is -2.14. The van der Waals surface area contributed by atoms with E-state index in [-0.39, 0.29) is 0 Å². The van der Waals surface area contributed by atoms with E-state index in [1.54, 1.807) is 31.5 Å². The summed E-state index contributed by atoms with van der Waals surface area (Å²) in [6.45, 7) is 1.65. The third-order valence-electron chi connectivity index (χ3n) is 1.94. The fraction of sp³-hybridized carbons (Fsp3) is 0.333. The van der Waals surface area contributed by atoms with Crippen molar-refractivity contribution in [3.8, 4) is 0 Å². The molecule has 0 bridgehead atoms. The van der Waals surface area contributed by atoms with Crippen molar-refractivity contribution in [3.05, 3.63) is 30.1 Å². The third kappa shape index (κ3) is 2.26. The van der Waals surface area contributed by atoms with Crippen molar-refractivity contribution in [1.82, 2.24) is 4.98 Å². The highest BCUT2D eigenvalue weighted by molar-refractivity contribution is 5.73. The molecule has 0 aliphatic carbocycles. The Morgan fingerprint density at radius 1 is 1.62 bits per heavy atom. The van der Waals surface area contributed by atoms with Crippen molar-refractivity contribution in [2.24, 2.45) is 0 Å². The lowest BCUT2D eigenvalue weighted by molar-refractivity contribution is -0.147. The number of nitrogens with zero attached hydrogens (tertiary/aromatic N) is 1. The van der Waals surface area contributed by atoms with Gasteiger partial charge in [0.15, 0.2) is 6.10 Å². The molecular weight excluding hydrogens is 170 g/mol. The summed E-state index contributed by atoms with van der Waals surface area (Å²) < 4.78 is 0. The molecule has 1 aromatic heterocycles. The molecule has 0 fully saturated rings. The Balaban J connectivity index is 2.79. The van der Waals surface area contributed by atoms with E-state index >= 15 is 0 Å². The molecule has 4 heteroatoms. The van der Waals surface area contributed by atoms with Crippen LogP contribution in [0.3, 0.4) is 0 Å². The van der Waals surface area contributed by atoms with Crippen LogP contribution in [-0.2, 0) is 4.79 Å². The molecule has 0 aliphatic rings. The van der Waals surface area contributed by atoms with Gasteiger partial charge in [-0.25, -0.2) is 4.79 Å². The summed E-state index contributed by atoms with van der Waals surface area (Å²) in [6.07, 6.45) is 1.78. The smallest absolute Gasteiger partial charge is 0.333 e. The van der Waals surface area contributed by atoms with Crippen LogP contribution in [-0.4, -0.2) is 27.3 Å². The number of aliphatic carboxylic acids is 1. The Bertz CT molecular complexity index is 286. The van der Waals surface area contributed by atoms with Crippen molar-refractivity contribution in [2.75, 3.05) is 0 Å². The molecule has 0 saturated carbocycles. The van der Waals surface area contributed by atoms with Crippen LogP contribution in [0.4, 0.5) is 0 Å². The summed E-state index contributed by atoms with van der Waals surface area (Å²) >= 11 is 0. The van der Waals surface area contributed by atoms with E-state index in [2.05, 4.69) is 4.98 Å². The Kier molecular flexibility index (Phi) is 2.97. The van der Waals surface area contributed by atoms with Gasteiger partial charge in [-0.3, -0.25) is 4.98 Å². The quantitative estimate of drug-likeness (QED) is 0.717. The highest BCUT2D eigenvalue weighted by Gasteiger charge is 2.22. The lowest BCUT2D eigenvalue weighted by atomic mass is 9.97. The Morgan fingerprint density at radius 3 is 2.77 bits per heavy atom. The summed E-state index contributed by atoms with van der Waals surface area (Å²) in [4.78, 5) is 14.3. The van der Waals surface area contributed by atoms with E-state index in [0.29, 0.717) is 0 Å². The maximum absolute atomic E-state index is 10.4. The minimum atomic E-state index is -1.37. The average molecular weight is 181 g/mol. The second-order valence-corrected chi connectivity index (χ2v) is 2.86. The fourth-order valence-electron chi connectivity index (χ4n) is 1.04. The topological polar surface area (TPSA) is 70.4 Å². The first-order valence-corrected chi connectivity index (χ1v) is 3.93. The molecule has 2 atom stereocenters. The predicted octanol–water partition coefficient (Wildman–Crippen LogP) is 0.631. The van der Waals surface area contributed by atoms with Gasteiger partial charge in [-0.15, -0.1) is 0 Å². The first kappa shape index (κ1) is 9.67. The van der Waals surface area contributed by atoms with E-state index in [4.69, 9.17) is 5.11 Å². The molecule has 0 amide bonds. The number of hydrogen-bond acceptors (Lipinski definition) is 3. The second kappa shape index (κ2) is 4.00. The first-order valence-electron chi connectivity index (χ1n) is 3.93. The van der Waals surface area contributed by atoms with Gasteiger partial charge in [0.2, 0.25) is 0 Å². The molecule has 0 radical (unpaired) electrons. The van der Waals surface area contributed by atoms with Crippen LogP contribution >= 0.6 is 0 Å². The van der Waals surface area contributed by atoms with Gasteiger partial charge in [0, 0.05) is 18.3 Å². The lowest BCUT2D eigenvalue weighted by Crippen LogP contribution is -2.25. The van der Waals surface area contributed by atoms with E-state index in [9.17, 15) is 9.90 Å². The first-order chi connectivity index (χ1) is 6.13. The van der Waals surface area contributed by atoms with Crippen molar-refractivity contribution < 1.29 is 15.0 Å². The minimum absolute atomic E-state index is 0.439. The number of carboxylic acid groups (broad SMARTS) is 1. The van der Waals surface area contributed by atoms with Gasteiger partial charge in [0.05, 0.1) is 0 Å². The normalized spacial score (nSPS) is 14.9. The van der Waals surface area contributed by atoms with Gasteiger partial charge in [0.25, 0.3) is 0 Å². The zero-order chi connectivity index (χ0) is 9.84. The molecule has 1 aromatic rings. The molecule has 13 heavy (non-hydrogen) atoms. The van der Waals surface area contributed by atoms with Crippen LogP contribution in [0.25, 0.3) is 0 Å². The van der Waals surface area contributed by atoms with Gasteiger partial charge < -0.3 is 10.2 Å². The monoisotopic (exact) mass is 181 g/mol. The fourth-order valence-corrected chi connectivity index (χ4v) is 1.04. The SMILES string of the molecule is CC(c1cccnc1)C(O)C(=O)O. The van der Waals surface area contributed by atoms with Crippen molar-refractivity contribution in [1.29, 1.82) is 0 Å². The second-order valence-electron chi connectivity index (χ2n) is 2.86. The van der Waals surface area contributed by atoms with Crippen LogP contribution < -0.4 is 0 Å². The van der Waals surface area contributed by atoms with E-state index in [1.165, 1.54) is 0 Å². The molecule has 1 rings (SSSR count). The maximum Gasteiger partial charge on any atom is 0.333 e. The summed E-state index contributed by atoms with van der Waals surface area (Å²) in [7, 11) is 0. The molecule has 1 heterocycles. The molecule has 2 N–H and O–H groups in total. The number of aliphatic hydroxyl groups is 1. The molecule has 0 spiro atoms. The van der Waals surface area contributed by atoms with Crippen LogP contribution in [0.2, 0.25) is 0 Å². The molecular formula is C9H11NO3. The molecule has 0 saturated heterocycles. The van der Waals surface area contributed by atoms with Crippen LogP contribution in [0, 0.1) is 0 Å². The summed E-state index contributed by atoms with van der Waals surface area (Å²) in [5, 5.41) is 17.8. The van der Waals surface area contributed by atoms with E-state index in [0.717, 1.165) is 5.56 Å². The summed E-state index contributed by atoms with van der Waals surface area (Å²) in [5.74, 6) is -1.65. The van der Waals surface area contributed by atoms with Gasteiger partial charge in [0.1, 0.15) is 0 Å². The third-order valence-corrected chi connectivity index (χ3v) is 1.94. The minimum Gasteiger partial charge on any atom is -0.479 e. The van der Waals surface area contributed by atoms with E-state index in [1.807, 2.05) is 0 Å². The summed E-state index contributed by atoms with van der Waals surface area (Å²) in [5.41, 5.74) is 0.720. The number of aromatic nitrogens is 1. The van der Waals surface area contributed by atoms with Gasteiger partial charge >= 0.3 is 5.97 Å². The zero-order valence-corrected chi connectivity index (χ0v) is 7.21. The predicted molar refractivity (Wildman–Crippen MR) is 46.3 cm³/mol. The van der Waals surface area contributed by atoms with Crippen LogP contribution in [0.5, 0.6) is 0 Å². The highest BCUT2D eigenvalue weighted by Crippen LogP contribution is 2.17. The Morgan fingerprint density at radius 2 is 2.31 bits per heavy atom. The van der Waals surface area contributed by atoms with Crippen molar-refractivity contribution in [3.63, 3.8) is 0 Å². The molecule has 2 unspecified atom stereocenters.